The van der Waals surface area contributed by atoms with Crippen molar-refractivity contribution in [3.63, 3.8) is 0 Å². The van der Waals surface area contributed by atoms with E-state index in [4.69, 9.17) is 4.74 Å². The van der Waals surface area contributed by atoms with Gasteiger partial charge in [0.1, 0.15) is 0 Å². The molecular formula is C16H23N3O2. The second-order valence-corrected chi connectivity index (χ2v) is 5.30. The minimum Gasteiger partial charge on any atom is -0.372 e. The molecule has 5 nitrogen and oxygen atoms in total. The third-order valence-corrected chi connectivity index (χ3v) is 3.32. The van der Waals surface area contributed by atoms with Crippen LogP contribution in [0.25, 0.3) is 0 Å². The van der Waals surface area contributed by atoms with Crippen LogP contribution in [0.2, 0.25) is 0 Å². The molecule has 1 aliphatic heterocycles. The van der Waals surface area contributed by atoms with Gasteiger partial charge in [0, 0.05) is 19.6 Å². The molecule has 5 heteroatoms. The maximum Gasteiger partial charge on any atom is 0.319 e. The first-order valence-corrected chi connectivity index (χ1v) is 7.25. The maximum absolute atomic E-state index is 11.8. The molecular weight excluding hydrogens is 266 g/mol. The van der Waals surface area contributed by atoms with E-state index in [1.807, 2.05) is 24.3 Å². The summed E-state index contributed by atoms with van der Waals surface area (Å²) in [5, 5.41) is 5.61. The Bertz CT molecular complexity index is 494. The van der Waals surface area contributed by atoms with Crippen LogP contribution in [-0.4, -0.2) is 37.9 Å². The molecule has 0 bridgehead atoms. The lowest BCUT2D eigenvalue weighted by Gasteiger charge is -2.37. The fourth-order valence-electron chi connectivity index (χ4n) is 2.56. The lowest BCUT2D eigenvalue weighted by Crippen LogP contribution is -2.45. The number of amides is 2. The average molecular weight is 289 g/mol. The standard InChI is InChI=1S/C16H23N3O2/c1-4-9-17-16(20)18-14-7-5-6-8-15(14)19-10-12(2)21-13(3)11-19/h4-8,12-13H,1,9-11H2,2-3H3,(H2,17,18,20)/t12-,13-/m1/s1. The first kappa shape index (κ1) is 15.4. The highest BCUT2D eigenvalue weighted by Crippen LogP contribution is 2.28. The quantitative estimate of drug-likeness (QED) is 0.838. The molecule has 1 aliphatic rings. The molecule has 1 saturated heterocycles. The van der Waals surface area contributed by atoms with E-state index in [0.29, 0.717) is 6.54 Å². The van der Waals surface area contributed by atoms with Crippen LogP contribution in [0, 0.1) is 0 Å². The first-order valence-electron chi connectivity index (χ1n) is 7.25. The Kier molecular flexibility index (Phi) is 5.22. The third kappa shape index (κ3) is 4.23. The highest BCUT2D eigenvalue weighted by atomic mass is 16.5. The molecule has 1 aromatic rings. The summed E-state index contributed by atoms with van der Waals surface area (Å²) >= 11 is 0. The number of hydrogen-bond acceptors (Lipinski definition) is 3. The highest BCUT2D eigenvalue weighted by molar-refractivity contribution is 5.93. The van der Waals surface area contributed by atoms with Gasteiger partial charge in [0.15, 0.2) is 0 Å². The van der Waals surface area contributed by atoms with Crippen molar-refractivity contribution in [2.75, 3.05) is 29.9 Å². The fraction of sp³-hybridized carbons (Fsp3) is 0.438. The predicted molar refractivity (Wildman–Crippen MR) is 85.9 cm³/mol. The number of nitrogens with zero attached hydrogens (tertiary/aromatic N) is 1. The normalized spacial score (nSPS) is 21.7. The van der Waals surface area contributed by atoms with Crippen LogP contribution in [-0.2, 0) is 4.74 Å². The number of rotatable bonds is 4. The minimum atomic E-state index is -0.225. The number of anilines is 2. The predicted octanol–water partition coefficient (Wildman–Crippen LogP) is 2.61. The van der Waals surface area contributed by atoms with Crippen molar-refractivity contribution < 1.29 is 9.53 Å². The molecule has 1 fully saturated rings. The van der Waals surface area contributed by atoms with Crippen molar-refractivity contribution in [3.05, 3.63) is 36.9 Å². The highest BCUT2D eigenvalue weighted by Gasteiger charge is 2.24. The summed E-state index contributed by atoms with van der Waals surface area (Å²) in [5.41, 5.74) is 1.83. The van der Waals surface area contributed by atoms with E-state index in [0.717, 1.165) is 24.5 Å². The van der Waals surface area contributed by atoms with Gasteiger partial charge < -0.3 is 20.3 Å². The van der Waals surface area contributed by atoms with Gasteiger partial charge in [0.2, 0.25) is 0 Å². The number of nitrogens with one attached hydrogen (secondary N) is 2. The molecule has 2 amide bonds. The molecule has 0 saturated carbocycles. The van der Waals surface area contributed by atoms with Gasteiger partial charge >= 0.3 is 6.03 Å². The van der Waals surface area contributed by atoms with Crippen molar-refractivity contribution in [1.82, 2.24) is 5.32 Å². The van der Waals surface area contributed by atoms with Gasteiger partial charge in [-0.3, -0.25) is 0 Å². The molecule has 2 rings (SSSR count). The molecule has 0 unspecified atom stereocenters. The zero-order chi connectivity index (χ0) is 15.2. The molecule has 0 spiro atoms. The molecule has 1 heterocycles. The lowest BCUT2D eigenvalue weighted by atomic mass is 10.1. The number of hydrogen-bond donors (Lipinski definition) is 2. The van der Waals surface area contributed by atoms with Crippen molar-refractivity contribution in [1.29, 1.82) is 0 Å². The largest absolute Gasteiger partial charge is 0.372 e. The van der Waals surface area contributed by atoms with Gasteiger partial charge in [-0.15, -0.1) is 6.58 Å². The van der Waals surface area contributed by atoms with E-state index >= 15 is 0 Å². The van der Waals surface area contributed by atoms with Crippen LogP contribution in [0.4, 0.5) is 16.2 Å². The van der Waals surface area contributed by atoms with Crippen molar-refractivity contribution >= 4 is 17.4 Å². The lowest BCUT2D eigenvalue weighted by molar-refractivity contribution is -0.00517. The number of benzene rings is 1. The van der Waals surface area contributed by atoms with Crippen molar-refractivity contribution in [2.45, 2.75) is 26.1 Å². The molecule has 2 atom stereocenters. The Morgan fingerprint density at radius 1 is 1.38 bits per heavy atom. The van der Waals surface area contributed by atoms with Crippen LogP contribution in [0.1, 0.15) is 13.8 Å². The van der Waals surface area contributed by atoms with E-state index in [1.54, 1.807) is 6.08 Å². The number of ether oxygens (including phenoxy) is 1. The summed E-state index contributed by atoms with van der Waals surface area (Å²) in [6.07, 6.45) is 2.00. The summed E-state index contributed by atoms with van der Waals surface area (Å²) in [7, 11) is 0. The van der Waals surface area contributed by atoms with Crippen LogP contribution in [0.5, 0.6) is 0 Å². The Balaban J connectivity index is 2.12. The van der Waals surface area contributed by atoms with Gasteiger partial charge in [0.25, 0.3) is 0 Å². The zero-order valence-corrected chi connectivity index (χ0v) is 12.6. The summed E-state index contributed by atoms with van der Waals surface area (Å²) in [6, 6.07) is 7.60. The SMILES string of the molecule is C=CCNC(=O)Nc1ccccc1N1C[C@@H](C)O[C@H](C)C1. The van der Waals surface area contributed by atoms with Crippen LogP contribution < -0.4 is 15.5 Å². The Morgan fingerprint density at radius 2 is 2.05 bits per heavy atom. The maximum atomic E-state index is 11.8. The molecule has 21 heavy (non-hydrogen) atoms. The minimum absolute atomic E-state index is 0.177. The Hall–Kier alpha value is -2.01. The molecule has 0 radical (unpaired) electrons. The van der Waals surface area contributed by atoms with E-state index in [2.05, 4.69) is 36.0 Å². The van der Waals surface area contributed by atoms with Gasteiger partial charge in [0.05, 0.1) is 23.6 Å². The monoisotopic (exact) mass is 289 g/mol. The first-order chi connectivity index (χ1) is 10.1. The van der Waals surface area contributed by atoms with E-state index in [9.17, 15) is 4.79 Å². The van der Waals surface area contributed by atoms with Gasteiger partial charge in [-0.05, 0) is 26.0 Å². The van der Waals surface area contributed by atoms with E-state index in [-0.39, 0.29) is 18.2 Å². The van der Waals surface area contributed by atoms with E-state index < -0.39 is 0 Å². The topological polar surface area (TPSA) is 53.6 Å². The number of carbonyl (C=O) groups excluding carboxylic acids is 1. The molecule has 1 aromatic carbocycles. The summed E-state index contributed by atoms with van der Waals surface area (Å²) in [6.45, 7) is 9.79. The summed E-state index contributed by atoms with van der Waals surface area (Å²) < 4.78 is 5.76. The number of para-hydroxylation sites is 2. The van der Waals surface area contributed by atoms with Gasteiger partial charge in [-0.1, -0.05) is 18.2 Å². The van der Waals surface area contributed by atoms with E-state index in [1.165, 1.54) is 0 Å². The summed E-state index contributed by atoms with van der Waals surface area (Å²) in [4.78, 5) is 14.1. The molecule has 114 valence electrons. The molecule has 2 N–H and O–H groups in total. The van der Waals surface area contributed by atoms with Gasteiger partial charge in [-0.2, -0.15) is 0 Å². The second-order valence-electron chi connectivity index (χ2n) is 5.30. The Labute approximate surface area is 126 Å². The Morgan fingerprint density at radius 3 is 2.71 bits per heavy atom. The number of morpholine rings is 1. The van der Waals surface area contributed by atoms with Crippen molar-refractivity contribution in [3.8, 4) is 0 Å². The average Bonchev–Trinajstić information content (AvgIpc) is 2.44. The zero-order valence-electron chi connectivity index (χ0n) is 12.6. The van der Waals surface area contributed by atoms with Crippen LogP contribution in [0.3, 0.4) is 0 Å². The van der Waals surface area contributed by atoms with Gasteiger partial charge in [-0.25, -0.2) is 4.79 Å². The fourth-order valence-corrected chi connectivity index (χ4v) is 2.56. The number of urea groups is 1. The third-order valence-electron chi connectivity index (χ3n) is 3.32. The van der Waals surface area contributed by atoms with Crippen molar-refractivity contribution in [2.24, 2.45) is 0 Å². The molecule has 0 aromatic heterocycles. The number of carbonyl (C=O) groups is 1. The van der Waals surface area contributed by atoms with Crippen LogP contribution >= 0.6 is 0 Å². The molecule has 0 aliphatic carbocycles. The smallest absolute Gasteiger partial charge is 0.319 e. The summed E-state index contributed by atoms with van der Waals surface area (Å²) in [5.74, 6) is 0. The second kappa shape index (κ2) is 7.13. The van der Waals surface area contributed by atoms with Crippen LogP contribution in [0.15, 0.2) is 36.9 Å².